The van der Waals surface area contributed by atoms with Crippen molar-refractivity contribution in [3.8, 4) is 0 Å². The maximum atomic E-state index is 12.4. The van der Waals surface area contributed by atoms with Gasteiger partial charge in [0.25, 0.3) is 0 Å². The van der Waals surface area contributed by atoms with Gasteiger partial charge in [0, 0.05) is 28.6 Å². The molecule has 5 heteroatoms. The third-order valence-corrected chi connectivity index (χ3v) is 4.35. The highest BCUT2D eigenvalue weighted by atomic mass is 16.5. The van der Waals surface area contributed by atoms with Crippen molar-refractivity contribution in [2.45, 2.75) is 26.2 Å². The first kappa shape index (κ1) is 13.1. The van der Waals surface area contributed by atoms with Crippen molar-refractivity contribution in [3.05, 3.63) is 47.3 Å². The highest BCUT2D eigenvalue weighted by Gasteiger charge is 2.27. The normalized spacial score (nSPS) is 17.4. The summed E-state index contributed by atoms with van der Waals surface area (Å²) in [4.78, 5) is 15.9. The van der Waals surface area contributed by atoms with Gasteiger partial charge in [-0.2, -0.15) is 0 Å². The van der Waals surface area contributed by atoms with Gasteiger partial charge in [-0.15, -0.1) is 0 Å². The number of fused-ring (bicyclic) bond motifs is 3. The number of aromatic nitrogens is 2. The number of benzene rings is 1. The fourth-order valence-electron chi connectivity index (χ4n) is 3.25. The first-order valence-corrected chi connectivity index (χ1v) is 7.53. The summed E-state index contributed by atoms with van der Waals surface area (Å²) in [5.74, 6) is 1.18. The van der Waals surface area contributed by atoms with E-state index in [1.807, 2.05) is 19.1 Å². The smallest absolute Gasteiger partial charge is 0.229 e. The fraction of sp³-hybridized carbons (Fsp3) is 0.294. The molecule has 0 fully saturated rings. The van der Waals surface area contributed by atoms with Gasteiger partial charge in [-0.1, -0.05) is 23.4 Å². The number of para-hydroxylation sites is 1. The number of amides is 1. The third kappa shape index (κ3) is 2.19. The fourth-order valence-corrected chi connectivity index (χ4v) is 3.25. The molecule has 22 heavy (non-hydrogen) atoms. The Kier molecular flexibility index (Phi) is 2.99. The maximum Gasteiger partial charge on any atom is 0.229 e. The second-order valence-electron chi connectivity index (χ2n) is 5.88. The SMILES string of the molecule is Cc1cc(NC(=O)C2CCc3[nH]c4ccccc4c3C2)no1. The molecule has 1 unspecified atom stereocenters. The van der Waals surface area contributed by atoms with Crippen molar-refractivity contribution >= 4 is 22.6 Å². The van der Waals surface area contributed by atoms with Crippen molar-refractivity contribution in [1.82, 2.24) is 10.1 Å². The summed E-state index contributed by atoms with van der Waals surface area (Å²) in [6.45, 7) is 1.81. The Morgan fingerprint density at radius 3 is 3.09 bits per heavy atom. The Morgan fingerprint density at radius 1 is 1.41 bits per heavy atom. The summed E-state index contributed by atoms with van der Waals surface area (Å²) in [5.41, 5.74) is 3.70. The first-order valence-electron chi connectivity index (χ1n) is 7.53. The average molecular weight is 295 g/mol. The van der Waals surface area contributed by atoms with Gasteiger partial charge in [-0.05, 0) is 37.8 Å². The number of aromatic amines is 1. The van der Waals surface area contributed by atoms with Crippen LogP contribution in [0.25, 0.3) is 10.9 Å². The van der Waals surface area contributed by atoms with E-state index in [4.69, 9.17) is 4.52 Å². The molecule has 1 amide bonds. The van der Waals surface area contributed by atoms with E-state index in [0.29, 0.717) is 11.6 Å². The van der Waals surface area contributed by atoms with E-state index >= 15 is 0 Å². The molecular formula is C17H17N3O2. The van der Waals surface area contributed by atoms with E-state index < -0.39 is 0 Å². The zero-order chi connectivity index (χ0) is 15.1. The van der Waals surface area contributed by atoms with Gasteiger partial charge in [-0.25, -0.2) is 0 Å². The molecule has 2 N–H and O–H groups in total. The van der Waals surface area contributed by atoms with Crippen molar-refractivity contribution < 1.29 is 9.32 Å². The van der Waals surface area contributed by atoms with Gasteiger partial charge in [-0.3, -0.25) is 4.79 Å². The molecule has 1 aromatic carbocycles. The molecular weight excluding hydrogens is 278 g/mol. The molecule has 1 atom stereocenters. The van der Waals surface area contributed by atoms with E-state index in [-0.39, 0.29) is 11.8 Å². The van der Waals surface area contributed by atoms with Crippen LogP contribution < -0.4 is 5.32 Å². The Balaban J connectivity index is 1.57. The number of nitrogens with zero attached hydrogens (tertiary/aromatic N) is 1. The zero-order valence-electron chi connectivity index (χ0n) is 12.3. The minimum Gasteiger partial charge on any atom is -0.360 e. The quantitative estimate of drug-likeness (QED) is 0.762. The Bertz CT molecular complexity index is 847. The van der Waals surface area contributed by atoms with Gasteiger partial charge in [0.05, 0.1) is 0 Å². The zero-order valence-corrected chi connectivity index (χ0v) is 12.3. The Labute approximate surface area is 127 Å². The molecule has 0 bridgehead atoms. The van der Waals surface area contributed by atoms with Crippen LogP contribution in [0.4, 0.5) is 5.82 Å². The van der Waals surface area contributed by atoms with Gasteiger partial charge < -0.3 is 14.8 Å². The minimum atomic E-state index is -0.0243. The van der Waals surface area contributed by atoms with Gasteiger partial charge in [0.2, 0.25) is 5.91 Å². The summed E-state index contributed by atoms with van der Waals surface area (Å²) >= 11 is 0. The average Bonchev–Trinajstić information content (AvgIpc) is 3.10. The lowest BCUT2D eigenvalue weighted by Crippen LogP contribution is -2.28. The van der Waals surface area contributed by atoms with Crippen molar-refractivity contribution in [2.24, 2.45) is 5.92 Å². The highest BCUT2D eigenvalue weighted by Crippen LogP contribution is 2.32. The summed E-state index contributed by atoms with van der Waals surface area (Å²) in [7, 11) is 0. The molecule has 0 radical (unpaired) electrons. The number of rotatable bonds is 2. The molecule has 0 spiro atoms. The van der Waals surface area contributed by atoms with Crippen LogP contribution in [0.2, 0.25) is 0 Å². The van der Waals surface area contributed by atoms with Crippen LogP contribution in [-0.2, 0) is 17.6 Å². The monoisotopic (exact) mass is 295 g/mol. The first-order chi connectivity index (χ1) is 10.7. The predicted molar refractivity (Wildman–Crippen MR) is 83.7 cm³/mol. The van der Waals surface area contributed by atoms with Crippen molar-refractivity contribution in [2.75, 3.05) is 5.32 Å². The number of carbonyl (C=O) groups excluding carboxylic acids is 1. The van der Waals surface area contributed by atoms with Crippen molar-refractivity contribution in [3.63, 3.8) is 0 Å². The molecule has 2 heterocycles. The lowest BCUT2D eigenvalue weighted by atomic mass is 9.86. The second-order valence-corrected chi connectivity index (χ2v) is 5.88. The molecule has 1 aliphatic carbocycles. The summed E-state index contributed by atoms with van der Waals surface area (Å²) in [6, 6.07) is 10.0. The summed E-state index contributed by atoms with van der Waals surface area (Å²) < 4.78 is 4.98. The third-order valence-electron chi connectivity index (χ3n) is 4.35. The second kappa shape index (κ2) is 5.02. The molecule has 0 aliphatic heterocycles. The number of anilines is 1. The number of hydrogen-bond acceptors (Lipinski definition) is 3. The molecule has 112 valence electrons. The van der Waals surface area contributed by atoms with E-state index in [1.54, 1.807) is 6.07 Å². The van der Waals surface area contributed by atoms with E-state index in [9.17, 15) is 4.79 Å². The summed E-state index contributed by atoms with van der Waals surface area (Å²) in [6.07, 6.45) is 2.52. The van der Waals surface area contributed by atoms with E-state index in [1.165, 1.54) is 16.6 Å². The van der Waals surface area contributed by atoms with Crippen LogP contribution in [-0.4, -0.2) is 16.0 Å². The van der Waals surface area contributed by atoms with Gasteiger partial charge >= 0.3 is 0 Å². The number of H-pyrrole nitrogens is 1. The minimum absolute atomic E-state index is 0.0178. The van der Waals surface area contributed by atoms with Crippen LogP contribution in [0.5, 0.6) is 0 Å². The number of carbonyl (C=O) groups is 1. The van der Waals surface area contributed by atoms with Gasteiger partial charge in [0.1, 0.15) is 5.76 Å². The summed E-state index contributed by atoms with van der Waals surface area (Å²) in [5, 5.41) is 7.90. The lowest BCUT2D eigenvalue weighted by molar-refractivity contribution is -0.120. The van der Waals surface area contributed by atoms with Crippen molar-refractivity contribution in [1.29, 1.82) is 0 Å². The highest BCUT2D eigenvalue weighted by molar-refractivity contribution is 5.93. The van der Waals surface area contributed by atoms with E-state index in [0.717, 1.165) is 24.8 Å². The van der Waals surface area contributed by atoms with E-state index in [2.05, 4.69) is 27.6 Å². The topological polar surface area (TPSA) is 70.9 Å². The predicted octanol–water partition coefficient (Wildman–Crippen LogP) is 3.21. The Hall–Kier alpha value is -2.56. The molecule has 0 saturated carbocycles. The molecule has 2 aromatic heterocycles. The van der Waals surface area contributed by atoms with Gasteiger partial charge in [0.15, 0.2) is 5.82 Å². The number of nitrogens with one attached hydrogen (secondary N) is 2. The maximum absolute atomic E-state index is 12.4. The number of hydrogen-bond donors (Lipinski definition) is 2. The number of aryl methyl sites for hydroxylation is 2. The molecule has 4 rings (SSSR count). The van der Waals surface area contributed by atoms with Crippen LogP contribution in [0.1, 0.15) is 23.4 Å². The largest absolute Gasteiger partial charge is 0.360 e. The Morgan fingerprint density at radius 2 is 2.27 bits per heavy atom. The standard InChI is InChI=1S/C17H17N3O2/c1-10-8-16(20-22-10)19-17(21)11-6-7-15-13(9-11)12-4-2-3-5-14(12)18-15/h2-5,8,11,18H,6-7,9H2,1H3,(H,19,20,21). The van der Waals surface area contributed by atoms with Crippen LogP contribution in [0.15, 0.2) is 34.9 Å². The van der Waals surface area contributed by atoms with Crippen LogP contribution in [0.3, 0.4) is 0 Å². The van der Waals surface area contributed by atoms with Crippen LogP contribution >= 0.6 is 0 Å². The van der Waals surface area contributed by atoms with Crippen LogP contribution in [0, 0.1) is 12.8 Å². The molecule has 0 saturated heterocycles. The molecule has 5 nitrogen and oxygen atoms in total. The molecule has 1 aliphatic rings. The lowest BCUT2D eigenvalue weighted by Gasteiger charge is -2.21. The molecule has 3 aromatic rings.